The number of ether oxygens (including phenoxy) is 1. The minimum absolute atomic E-state index is 0.0328. The van der Waals surface area contributed by atoms with E-state index in [1.807, 2.05) is 37.3 Å². The molecule has 0 unspecified atom stereocenters. The molecule has 2 aromatic rings. The van der Waals surface area contributed by atoms with E-state index in [1.165, 1.54) is 0 Å². The monoisotopic (exact) mass is 261 g/mol. The maximum atomic E-state index is 8.87. The van der Waals surface area contributed by atoms with Crippen LogP contribution in [0.15, 0.2) is 30.3 Å². The standard InChI is InChI=1S/C14H19N3O2/c1-11-4-2-3-5-13(11)19-9-6-12-10-14(15)17(16-12)7-8-18/h2-5,10,18H,6-9,15H2,1H3. The molecule has 1 aromatic carbocycles. The molecule has 1 heterocycles. The summed E-state index contributed by atoms with van der Waals surface area (Å²) in [5.74, 6) is 1.46. The Morgan fingerprint density at radius 3 is 2.89 bits per heavy atom. The Balaban J connectivity index is 1.89. The topological polar surface area (TPSA) is 73.3 Å². The summed E-state index contributed by atoms with van der Waals surface area (Å²) in [5, 5.41) is 13.2. The lowest BCUT2D eigenvalue weighted by atomic mass is 10.2. The Labute approximate surface area is 112 Å². The molecule has 0 amide bonds. The van der Waals surface area contributed by atoms with Crippen LogP contribution >= 0.6 is 0 Å². The van der Waals surface area contributed by atoms with Crippen LogP contribution < -0.4 is 10.5 Å². The Bertz CT molecular complexity index is 537. The van der Waals surface area contributed by atoms with E-state index in [-0.39, 0.29) is 6.61 Å². The van der Waals surface area contributed by atoms with Crippen LogP contribution in [0.2, 0.25) is 0 Å². The molecule has 5 heteroatoms. The van der Waals surface area contributed by atoms with Crippen molar-refractivity contribution in [2.24, 2.45) is 0 Å². The fourth-order valence-corrected chi connectivity index (χ4v) is 1.87. The summed E-state index contributed by atoms with van der Waals surface area (Å²) in [6, 6.07) is 9.73. The molecule has 0 spiro atoms. The van der Waals surface area contributed by atoms with E-state index in [4.69, 9.17) is 15.6 Å². The van der Waals surface area contributed by atoms with Gasteiger partial charge in [-0.1, -0.05) is 18.2 Å². The van der Waals surface area contributed by atoms with Crippen molar-refractivity contribution in [3.8, 4) is 5.75 Å². The number of aromatic nitrogens is 2. The summed E-state index contributed by atoms with van der Waals surface area (Å²) < 4.78 is 7.31. The molecular formula is C14H19N3O2. The minimum atomic E-state index is 0.0328. The summed E-state index contributed by atoms with van der Waals surface area (Å²) in [6.07, 6.45) is 0.691. The predicted molar refractivity (Wildman–Crippen MR) is 74.1 cm³/mol. The van der Waals surface area contributed by atoms with Crippen molar-refractivity contribution < 1.29 is 9.84 Å². The second-order valence-corrected chi connectivity index (χ2v) is 4.37. The van der Waals surface area contributed by atoms with Gasteiger partial charge in [0, 0.05) is 12.5 Å². The van der Waals surface area contributed by atoms with Crippen molar-refractivity contribution in [2.75, 3.05) is 18.9 Å². The van der Waals surface area contributed by atoms with E-state index in [2.05, 4.69) is 5.10 Å². The van der Waals surface area contributed by atoms with E-state index in [0.29, 0.717) is 25.4 Å². The van der Waals surface area contributed by atoms with Gasteiger partial charge in [-0.15, -0.1) is 0 Å². The summed E-state index contributed by atoms with van der Waals surface area (Å²) in [6.45, 7) is 3.03. The van der Waals surface area contributed by atoms with Crippen LogP contribution in [-0.2, 0) is 13.0 Å². The summed E-state index contributed by atoms with van der Waals surface area (Å²) >= 11 is 0. The van der Waals surface area contributed by atoms with Gasteiger partial charge in [0.15, 0.2) is 0 Å². The van der Waals surface area contributed by atoms with Crippen molar-refractivity contribution in [3.05, 3.63) is 41.6 Å². The van der Waals surface area contributed by atoms with Gasteiger partial charge in [0.05, 0.1) is 25.5 Å². The normalized spacial score (nSPS) is 10.6. The lowest BCUT2D eigenvalue weighted by molar-refractivity contribution is 0.269. The number of nitrogens with two attached hydrogens (primary N) is 1. The first-order valence-electron chi connectivity index (χ1n) is 6.32. The molecule has 19 heavy (non-hydrogen) atoms. The Morgan fingerprint density at radius 2 is 2.16 bits per heavy atom. The molecule has 0 aliphatic heterocycles. The molecule has 3 N–H and O–H groups in total. The number of aliphatic hydroxyl groups is 1. The molecule has 1 aromatic heterocycles. The number of aryl methyl sites for hydroxylation is 1. The van der Waals surface area contributed by atoms with E-state index < -0.39 is 0 Å². The average Bonchev–Trinajstić information content (AvgIpc) is 2.73. The lowest BCUT2D eigenvalue weighted by Crippen LogP contribution is -2.08. The van der Waals surface area contributed by atoms with Crippen molar-refractivity contribution in [3.63, 3.8) is 0 Å². The third-order valence-electron chi connectivity index (χ3n) is 2.88. The van der Waals surface area contributed by atoms with Crippen molar-refractivity contribution in [1.82, 2.24) is 9.78 Å². The van der Waals surface area contributed by atoms with Crippen LogP contribution in [0.1, 0.15) is 11.3 Å². The van der Waals surface area contributed by atoms with Gasteiger partial charge in [0.25, 0.3) is 0 Å². The number of aliphatic hydroxyl groups excluding tert-OH is 1. The lowest BCUT2D eigenvalue weighted by Gasteiger charge is -2.07. The van der Waals surface area contributed by atoms with E-state index in [1.54, 1.807) is 4.68 Å². The number of hydrogen-bond donors (Lipinski definition) is 2. The molecule has 0 atom stereocenters. The first-order chi connectivity index (χ1) is 9.20. The van der Waals surface area contributed by atoms with Gasteiger partial charge < -0.3 is 15.6 Å². The van der Waals surface area contributed by atoms with Crippen molar-refractivity contribution in [1.29, 1.82) is 0 Å². The molecule has 5 nitrogen and oxygen atoms in total. The number of hydrogen-bond acceptors (Lipinski definition) is 4. The molecule has 2 rings (SSSR count). The van der Waals surface area contributed by atoms with Crippen LogP contribution in [-0.4, -0.2) is 28.1 Å². The molecule has 102 valence electrons. The fraction of sp³-hybridized carbons (Fsp3) is 0.357. The van der Waals surface area contributed by atoms with Gasteiger partial charge in [-0.05, 0) is 18.6 Å². The fourth-order valence-electron chi connectivity index (χ4n) is 1.87. The number of nitrogens with zero attached hydrogens (tertiary/aromatic N) is 2. The van der Waals surface area contributed by atoms with Crippen LogP contribution in [0.4, 0.5) is 5.82 Å². The highest BCUT2D eigenvalue weighted by Gasteiger charge is 2.05. The first-order valence-corrected chi connectivity index (χ1v) is 6.32. The Kier molecular flexibility index (Phi) is 4.41. The van der Waals surface area contributed by atoms with Crippen LogP contribution in [0.25, 0.3) is 0 Å². The SMILES string of the molecule is Cc1ccccc1OCCc1cc(N)n(CCO)n1. The molecule has 0 aliphatic carbocycles. The van der Waals surface area contributed by atoms with Crippen LogP contribution in [0.3, 0.4) is 0 Å². The predicted octanol–water partition coefficient (Wildman–Crippen LogP) is 1.39. The number of anilines is 1. The zero-order chi connectivity index (χ0) is 13.7. The molecule has 0 bridgehead atoms. The zero-order valence-corrected chi connectivity index (χ0v) is 11.0. The van der Waals surface area contributed by atoms with Gasteiger partial charge in [-0.2, -0.15) is 5.10 Å². The number of benzene rings is 1. The van der Waals surface area contributed by atoms with Gasteiger partial charge in [0.1, 0.15) is 11.6 Å². The highest BCUT2D eigenvalue weighted by Crippen LogP contribution is 2.16. The van der Waals surface area contributed by atoms with Gasteiger partial charge in [-0.25, -0.2) is 4.68 Å². The molecular weight excluding hydrogens is 242 g/mol. The summed E-state index contributed by atoms with van der Waals surface area (Å²) in [5.41, 5.74) is 7.78. The third-order valence-corrected chi connectivity index (χ3v) is 2.88. The van der Waals surface area contributed by atoms with E-state index in [0.717, 1.165) is 17.0 Å². The maximum Gasteiger partial charge on any atom is 0.122 e. The van der Waals surface area contributed by atoms with Crippen LogP contribution in [0, 0.1) is 6.92 Å². The van der Waals surface area contributed by atoms with E-state index >= 15 is 0 Å². The number of para-hydroxylation sites is 1. The van der Waals surface area contributed by atoms with E-state index in [9.17, 15) is 0 Å². The average molecular weight is 261 g/mol. The van der Waals surface area contributed by atoms with Crippen molar-refractivity contribution in [2.45, 2.75) is 19.9 Å². The maximum absolute atomic E-state index is 8.87. The number of nitrogen functional groups attached to an aromatic ring is 1. The molecule has 0 saturated heterocycles. The summed E-state index contributed by atoms with van der Waals surface area (Å²) in [7, 11) is 0. The van der Waals surface area contributed by atoms with Crippen LogP contribution in [0.5, 0.6) is 5.75 Å². The second kappa shape index (κ2) is 6.24. The third kappa shape index (κ3) is 3.48. The molecule has 0 aliphatic rings. The van der Waals surface area contributed by atoms with Crippen molar-refractivity contribution >= 4 is 5.82 Å². The van der Waals surface area contributed by atoms with Gasteiger partial charge >= 0.3 is 0 Å². The quantitative estimate of drug-likeness (QED) is 0.824. The Morgan fingerprint density at radius 1 is 1.37 bits per heavy atom. The highest BCUT2D eigenvalue weighted by molar-refractivity contribution is 5.32. The summed E-state index contributed by atoms with van der Waals surface area (Å²) in [4.78, 5) is 0. The zero-order valence-electron chi connectivity index (χ0n) is 11.0. The second-order valence-electron chi connectivity index (χ2n) is 4.37. The highest BCUT2D eigenvalue weighted by atomic mass is 16.5. The Hall–Kier alpha value is -2.01. The van der Waals surface area contributed by atoms with Gasteiger partial charge in [-0.3, -0.25) is 0 Å². The number of rotatable bonds is 6. The molecule has 0 radical (unpaired) electrons. The van der Waals surface area contributed by atoms with Gasteiger partial charge in [0.2, 0.25) is 0 Å². The first kappa shape index (κ1) is 13.4. The minimum Gasteiger partial charge on any atom is -0.493 e. The largest absolute Gasteiger partial charge is 0.493 e. The molecule has 0 fully saturated rings. The molecule has 0 saturated carbocycles. The smallest absolute Gasteiger partial charge is 0.122 e.